The van der Waals surface area contributed by atoms with Crippen molar-refractivity contribution in [2.45, 2.75) is 19.4 Å². The fourth-order valence-electron chi connectivity index (χ4n) is 1.34. The second-order valence-corrected chi connectivity index (χ2v) is 5.67. The van der Waals surface area contributed by atoms with Crippen LogP contribution in [0.25, 0.3) is 11.5 Å². The predicted molar refractivity (Wildman–Crippen MR) is 77.4 cm³/mol. The van der Waals surface area contributed by atoms with Crippen LogP contribution in [0.2, 0.25) is 0 Å². The first kappa shape index (κ1) is 13.0. The van der Waals surface area contributed by atoms with Crippen LogP contribution in [0.1, 0.15) is 25.2 Å². The van der Waals surface area contributed by atoms with Crippen molar-refractivity contribution in [1.82, 2.24) is 10.1 Å². The van der Waals surface area contributed by atoms with Gasteiger partial charge in [-0.3, -0.25) is 0 Å². The highest BCUT2D eigenvalue weighted by atomic mass is 127. The van der Waals surface area contributed by atoms with Gasteiger partial charge in [-0.1, -0.05) is 28.0 Å². The summed E-state index contributed by atoms with van der Waals surface area (Å²) >= 11 is 5.66. The highest BCUT2D eigenvalue weighted by Crippen LogP contribution is 2.27. The monoisotopic (exact) mass is 407 g/mol. The zero-order valence-corrected chi connectivity index (χ0v) is 12.9. The Kier molecular flexibility index (Phi) is 4.16. The van der Waals surface area contributed by atoms with Crippen LogP contribution in [0.3, 0.4) is 0 Å². The molecule has 0 fully saturated rings. The molecule has 2 N–H and O–H groups in total. The molecule has 4 nitrogen and oxygen atoms in total. The molecule has 2 aromatic rings. The van der Waals surface area contributed by atoms with Gasteiger partial charge in [-0.2, -0.15) is 4.98 Å². The van der Waals surface area contributed by atoms with Gasteiger partial charge in [0.05, 0.1) is 11.6 Å². The van der Waals surface area contributed by atoms with Crippen molar-refractivity contribution < 1.29 is 4.52 Å². The highest BCUT2D eigenvalue weighted by Gasteiger charge is 2.15. The Morgan fingerprint density at radius 3 is 3.00 bits per heavy atom. The van der Waals surface area contributed by atoms with E-state index in [9.17, 15) is 0 Å². The van der Waals surface area contributed by atoms with Crippen LogP contribution in [0.15, 0.2) is 27.2 Å². The summed E-state index contributed by atoms with van der Waals surface area (Å²) in [6, 6.07) is 5.75. The van der Waals surface area contributed by atoms with Crippen LogP contribution in [0.4, 0.5) is 0 Å². The number of aromatic nitrogens is 2. The van der Waals surface area contributed by atoms with E-state index in [-0.39, 0.29) is 6.04 Å². The van der Waals surface area contributed by atoms with E-state index >= 15 is 0 Å². The summed E-state index contributed by atoms with van der Waals surface area (Å²) in [7, 11) is 0. The average molecular weight is 408 g/mol. The van der Waals surface area contributed by atoms with E-state index in [2.05, 4.69) is 48.7 Å². The molecule has 0 bridgehead atoms. The van der Waals surface area contributed by atoms with Gasteiger partial charge in [0, 0.05) is 8.04 Å². The van der Waals surface area contributed by atoms with Crippen LogP contribution >= 0.6 is 38.5 Å². The summed E-state index contributed by atoms with van der Waals surface area (Å²) in [5.41, 5.74) is 6.78. The quantitative estimate of drug-likeness (QED) is 0.790. The maximum absolute atomic E-state index is 5.86. The SMILES string of the molecule is CCC(N)c1noc(-c2cc(Br)ccc2I)n1. The molecule has 0 spiro atoms. The highest BCUT2D eigenvalue weighted by molar-refractivity contribution is 14.1. The van der Waals surface area contributed by atoms with Crippen molar-refractivity contribution in [1.29, 1.82) is 0 Å². The Bertz CT molecular complexity index is 529. The van der Waals surface area contributed by atoms with Gasteiger partial charge in [-0.25, -0.2) is 0 Å². The van der Waals surface area contributed by atoms with Crippen LogP contribution in [0, 0.1) is 3.57 Å². The Morgan fingerprint density at radius 2 is 2.29 bits per heavy atom. The molecule has 1 aromatic heterocycles. The molecule has 0 saturated heterocycles. The van der Waals surface area contributed by atoms with E-state index in [1.54, 1.807) is 0 Å². The molecule has 1 aromatic carbocycles. The number of nitrogens with zero attached hydrogens (tertiary/aromatic N) is 2. The van der Waals surface area contributed by atoms with E-state index in [1.807, 2.05) is 25.1 Å². The van der Waals surface area contributed by atoms with Crippen molar-refractivity contribution in [3.05, 3.63) is 32.1 Å². The third kappa shape index (κ3) is 2.86. The van der Waals surface area contributed by atoms with Crippen molar-refractivity contribution in [2.75, 3.05) is 0 Å². The largest absolute Gasteiger partial charge is 0.334 e. The van der Waals surface area contributed by atoms with Crippen molar-refractivity contribution in [3.63, 3.8) is 0 Å². The first-order valence-electron chi connectivity index (χ1n) is 5.16. The molecule has 0 radical (unpaired) electrons. The second-order valence-electron chi connectivity index (χ2n) is 3.60. The first-order chi connectivity index (χ1) is 8.11. The Hall–Kier alpha value is -0.470. The van der Waals surface area contributed by atoms with Crippen molar-refractivity contribution in [3.8, 4) is 11.5 Å². The zero-order valence-electron chi connectivity index (χ0n) is 9.15. The summed E-state index contributed by atoms with van der Waals surface area (Å²) < 4.78 is 7.28. The minimum atomic E-state index is -0.169. The van der Waals surface area contributed by atoms with Gasteiger partial charge in [0.1, 0.15) is 0 Å². The van der Waals surface area contributed by atoms with Gasteiger partial charge >= 0.3 is 0 Å². The van der Waals surface area contributed by atoms with Gasteiger partial charge in [0.15, 0.2) is 5.82 Å². The lowest BCUT2D eigenvalue weighted by atomic mass is 10.2. The Labute approximate surface area is 121 Å². The van der Waals surface area contributed by atoms with Gasteiger partial charge in [-0.15, -0.1) is 0 Å². The van der Waals surface area contributed by atoms with Crippen LogP contribution < -0.4 is 5.73 Å². The van der Waals surface area contributed by atoms with E-state index in [1.165, 1.54) is 0 Å². The third-order valence-corrected chi connectivity index (χ3v) is 3.81. The standard InChI is InChI=1S/C11H11BrIN3O/c1-2-9(14)10-15-11(17-16-10)7-5-6(12)3-4-8(7)13/h3-5,9H,2,14H2,1H3. The number of hydrogen-bond donors (Lipinski definition) is 1. The van der Waals surface area contributed by atoms with Gasteiger partial charge in [-0.05, 0) is 47.2 Å². The molecule has 90 valence electrons. The Balaban J connectivity index is 2.40. The summed E-state index contributed by atoms with van der Waals surface area (Å²) in [6.45, 7) is 1.99. The normalized spacial score (nSPS) is 12.7. The summed E-state index contributed by atoms with van der Waals surface area (Å²) in [5, 5.41) is 3.90. The molecule has 0 aliphatic carbocycles. The lowest BCUT2D eigenvalue weighted by Gasteiger charge is -2.00. The number of hydrogen-bond acceptors (Lipinski definition) is 4. The minimum Gasteiger partial charge on any atom is -0.334 e. The molecule has 0 saturated carbocycles. The summed E-state index contributed by atoms with van der Waals surface area (Å²) in [4.78, 5) is 4.32. The van der Waals surface area contributed by atoms with Gasteiger partial charge in [0.25, 0.3) is 5.89 Å². The van der Waals surface area contributed by atoms with Crippen LogP contribution in [-0.4, -0.2) is 10.1 Å². The fourth-order valence-corrected chi connectivity index (χ4v) is 2.27. The molecule has 2 rings (SSSR count). The Morgan fingerprint density at radius 1 is 1.53 bits per heavy atom. The lowest BCUT2D eigenvalue weighted by molar-refractivity contribution is 0.415. The topological polar surface area (TPSA) is 64.9 Å². The molecule has 1 atom stereocenters. The molecule has 1 heterocycles. The van der Waals surface area contributed by atoms with Crippen LogP contribution in [0.5, 0.6) is 0 Å². The molecule has 17 heavy (non-hydrogen) atoms. The van der Waals surface area contributed by atoms with Crippen LogP contribution in [-0.2, 0) is 0 Å². The number of nitrogens with two attached hydrogens (primary N) is 1. The second kappa shape index (κ2) is 5.45. The maximum Gasteiger partial charge on any atom is 0.259 e. The lowest BCUT2D eigenvalue weighted by Crippen LogP contribution is -2.10. The van der Waals surface area contributed by atoms with E-state index < -0.39 is 0 Å². The number of halogens is 2. The molecule has 6 heteroatoms. The van der Waals surface area contributed by atoms with Gasteiger partial charge < -0.3 is 10.3 Å². The smallest absolute Gasteiger partial charge is 0.259 e. The van der Waals surface area contributed by atoms with Crippen molar-refractivity contribution in [2.24, 2.45) is 5.73 Å². The summed E-state index contributed by atoms with van der Waals surface area (Å²) in [6.07, 6.45) is 0.786. The number of rotatable bonds is 3. The van der Waals surface area contributed by atoms with Crippen molar-refractivity contribution >= 4 is 38.5 Å². The molecular weight excluding hydrogens is 397 g/mol. The molecule has 0 amide bonds. The zero-order chi connectivity index (χ0) is 12.4. The average Bonchev–Trinajstić information content (AvgIpc) is 2.80. The first-order valence-corrected chi connectivity index (χ1v) is 7.03. The van der Waals surface area contributed by atoms with E-state index in [0.29, 0.717) is 11.7 Å². The molecule has 1 unspecified atom stereocenters. The minimum absolute atomic E-state index is 0.169. The number of benzene rings is 1. The predicted octanol–water partition coefficient (Wildman–Crippen LogP) is 3.51. The summed E-state index contributed by atoms with van der Waals surface area (Å²) in [5.74, 6) is 1.06. The van der Waals surface area contributed by atoms with Gasteiger partial charge in [0.2, 0.25) is 0 Å². The molecule has 0 aliphatic heterocycles. The molecular formula is C11H11BrIN3O. The maximum atomic E-state index is 5.86. The third-order valence-electron chi connectivity index (χ3n) is 2.37. The van der Waals surface area contributed by atoms with E-state index in [0.717, 1.165) is 20.0 Å². The fraction of sp³-hybridized carbons (Fsp3) is 0.273. The van der Waals surface area contributed by atoms with E-state index in [4.69, 9.17) is 10.3 Å². The molecule has 0 aliphatic rings.